The lowest BCUT2D eigenvalue weighted by Crippen LogP contribution is -2.52. The molecule has 1 saturated carbocycles. The molecule has 1 amide bonds. The summed E-state index contributed by atoms with van der Waals surface area (Å²) in [6.45, 7) is 1.15. The van der Waals surface area contributed by atoms with E-state index < -0.39 is 11.4 Å². The molecule has 0 spiro atoms. The fraction of sp³-hybridized carbons (Fsp3) is 0.857. The second-order valence-electron chi connectivity index (χ2n) is 5.94. The topological polar surface area (TPSA) is 66.8 Å². The van der Waals surface area contributed by atoms with Gasteiger partial charge in [0.1, 0.15) is 5.41 Å². The van der Waals surface area contributed by atoms with Crippen molar-refractivity contribution >= 4 is 11.9 Å². The van der Waals surface area contributed by atoms with Crippen LogP contribution in [0.25, 0.3) is 0 Å². The van der Waals surface area contributed by atoms with Crippen molar-refractivity contribution in [2.24, 2.45) is 11.3 Å². The maximum Gasteiger partial charge on any atom is 0.313 e. The third kappa shape index (κ3) is 3.08. The number of piperidine rings is 1. The molecule has 1 aliphatic carbocycles. The quantitative estimate of drug-likeness (QED) is 0.821. The standard InChI is InChI=1S/C14H23NO4/c1-19-10-14(13(17)18)6-3-7-15(9-14)12(16)8-11-4-2-5-11/h11H,2-10H2,1H3,(H,17,18). The van der Waals surface area contributed by atoms with E-state index in [1.807, 2.05) is 0 Å². The summed E-state index contributed by atoms with van der Waals surface area (Å²) in [7, 11) is 1.51. The van der Waals surface area contributed by atoms with E-state index in [0.717, 1.165) is 19.3 Å². The van der Waals surface area contributed by atoms with Crippen LogP contribution < -0.4 is 0 Å². The van der Waals surface area contributed by atoms with Gasteiger partial charge in [0.05, 0.1) is 6.61 Å². The van der Waals surface area contributed by atoms with Crippen LogP contribution >= 0.6 is 0 Å². The second-order valence-corrected chi connectivity index (χ2v) is 5.94. The average molecular weight is 269 g/mol. The van der Waals surface area contributed by atoms with Gasteiger partial charge in [0, 0.05) is 26.6 Å². The predicted octanol–water partition coefficient (Wildman–Crippen LogP) is 1.52. The second kappa shape index (κ2) is 5.90. The maximum absolute atomic E-state index is 12.2. The largest absolute Gasteiger partial charge is 0.481 e. The van der Waals surface area contributed by atoms with Gasteiger partial charge in [-0.05, 0) is 31.6 Å². The summed E-state index contributed by atoms with van der Waals surface area (Å²) < 4.78 is 5.07. The summed E-state index contributed by atoms with van der Waals surface area (Å²) in [5, 5.41) is 9.44. The number of ether oxygens (including phenoxy) is 1. The molecule has 1 unspecified atom stereocenters. The maximum atomic E-state index is 12.2. The number of amides is 1. The Morgan fingerprint density at radius 2 is 2.11 bits per heavy atom. The van der Waals surface area contributed by atoms with Gasteiger partial charge in [-0.2, -0.15) is 0 Å². The molecule has 0 aromatic rings. The minimum absolute atomic E-state index is 0.117. The van der Waals surface area contributed by atoms with E-state index in [4.69, 9.17) is 4.74 Å². The Morgan fingerprint density at radius 1 is 1.37 bits per heavy atom. The zero-order chi connectivity index (χ0) is 13.9. The lowest BCUT2D eigenvalue weighted by atomic mass is 9.79. The van der Waals surface area contributed by atoms with Crippen LogP contribution in [-0.4, -0.2) is 48.7 Å². The van der Waals surface area contributed by atoms with Gasteiger partial charge in [-0.3, -0.25) is 9.59 Å². The Morgan fingerprint density at radius 3 is 2.63 bits per heavy atom. The first-order valence-electron chi connectivity index (χ1n) is 7.07. The molecule has 2 fully saturated rings. The van der Waals surface area contributed by atoms with Crippen LogP contribution in [0.5, 0.6) is 0 Å². The van der Waals surface area contributed by atoms with E-state index in [1.165, 1.54) is 13.5 Å². The van der Waals surface area contributed by atoms with E-state index in [2.05, 4.69) is 0 Å². The van der Waals surface area contributed by atoms with E-state index in [0.29, 0.717) is 31.8 Å². The van der Waals surface area contributed by atoms with Gasteiger partial charge < -0.3 is 14.7 Å². The molecule has 1 saturated heterocycles. The summed E-state index contributed by atoms with van der Waals surface area (Å²) in [6.07, 6.45) is 5.42. The fourth-order valence-electron chi connectivity index (χ4n) is 3.05. The van der Waals surface area contributed by atoms with Crippen molar-refractivity contribution in [1.29, 1.82) is 0 Å². The molecule has 0 aromatic heterocycles. The molecule has 0 bridgehead atoms. The third-order valence-electron chi connectivity index (χ3n) is 4.49. The number of carboxylic acid groups (broad SMARTS) is 1. The van der Waals surface area contributed by atoms with Gasteiger partial charge in [0.25, 0.3) is 0 Å². The number of likely N-dealkylation sites (tertiary alicyclic amines) is 1. The first-order valence-corrected chi connectivity index (χ1v) is 7.07. The summed E-state index contributed by atoms with van der Waals surface area (Å²) in [5.41, 5.74) is -0.914. The third-order valence-corrected chi connectivity index (χ3v) is 4.49. The Labute approximate surface area is 113 Å². The Balaban J connectivity index is 1.97. The summed E-state index contributed by atoms with van der Waals surface area (Å²) >= 11 is 0. The van der Waals surface area contributed by atoms with Gasteiger partial charge in [0.15, 0.2) is 0 Å². The highest BCUT2D eigenvalue weighted by Crippen LogP contribution is 2.34. The molecule has 5 nitrogen and oxygen atoms in total. The minimum atomic E-state index is -0.914. The number of carboxylic acids is 1. The molecule has 2 rings (SSSR count). The SMILES string of the molecule is COCC1(C(=O)O)CCCN(C(=O)CC2CCC2)C1. The molecule has 19 heavy (non-hydrogen) atoms. The zero-order valence-electron chi connectivity index (χ0n) is 11.6. The van der Waals surface area contributed by atoms with Crippen molar-refractivity contribution in [3.05, 3.63) is 0 Å². The van der Waals surface area contributed by atoms with Crippen LogP contribution in [0.15, 0.2) is 0 Å². The molecular weight excluding hydrogens is 246 g/mol. The van der Waals surface area contributed by atoms with Crippen molar-refractivity contribution in [1.82, 2.24) is 4.90 Å². The Kier molecular flexibility index (Phi) is 4.45. The summed E-state index contributed by atoms with van der Waals surface area (Å²) in [5.74, 6) is -0.210. The fourth-order valence-corrected chi connectivity index (χ4v) is 3.05. The molecular formula is C14H23NO4. The van der Waals surface area contributed by atoms with Crippen molar-refractivity contribution in [3.8, 4) is 0 Å². The minimum Gasteiger partial charge on any atom is -0.481 e. The van der Waals surface area contributed by atoms with Gasteiger partial charge >= 0.3 is 5.97 Å². The lowest BCUT2D eigenvalue weighted by Gasteiger charge is -2.40. The van der Waals surface area contributed by atoms with E-state index in [-0.39, 0.29) is 12.5 Å². The van der Waals surface area contributed by atoms with Crippen LogP contribution in [0.2, 0.25) is 0 Å². The Hall–Kier alpha value is -1.10. The number of hydrogen-bond acceptors (Lipinski definition) is 3. The monoisotopic (exact) mass is 269 g/mol. The zero-order valence-corrected chi connectivity index (χ0v) is 11.6. The highest BCUT2D eigenvalue weighted by atomic mass is 16.5. The number of nitrogens with zero attached hydrogens (tertiary/aromatic N) is 1. The molecule has 1 N–H and O–H groups in total. The molecule has 2 aliphatic rings. The first-order chi connectivity index (χ1) is 9.07. The normalized spacial score (nSPS) is 27.9. The summed E-state index contributed by atoms with van der Waals surface area (Å²) in [4.78, 5) is 25.4. The van der Waals surface area contributed by atoms with Gasteiger partial charge in [-0.1, -0.05) is 6.42 Å². The van der Waals surface area contributed by atoms with E-state index in [1.54, 1.807) is 4.90 Å². The molecule has 108 valence electrons. The highest BCUT2D eigenvalue weighted by Gasteiger charge is 2.44. The molecule has 0 aromatic carbocycles. The molecule has 1 heterocycles. The number of carbonyl (C=O) groups is 2. The number of carbonyl (C=O) groups excluding carboxylic acids is 1. The van der Waals surface area contributed by atoms with E-state index in [9.17, 15) is 14.7 Å². The number of aliphatic carboxylic acids is 1. The van der Waals surface area contributed by atoms with Crippen LogP contribution in [-0.2, 0) is 14.3 Å². The molecule has 1 aliphatic heterocycles. The van der Waals surface area contributed by atoms with Crippen molar-refractivity contribution < 1.29 is 19.4 Å². The van der Waals surface area contributed by atoms with Gasteiger partial charge in [-0.15, -0.1) is 0 Å². The average Bonchev–Trinajstić information content (AvgIpc) is 2.34. The number of rotatable bonds is 5. The number of methoxy groups -OCH3 is 1. The van der Waals surface area contributed by atoms with Crippen LogP contribution in [0.4, 0.5) is 0 Å². The van der Waals surface area contributed by atoms with Gasteiger partial charge in [-0.25, -0.2) is 0 Å². The first kappa shape index (κ1) is 14.3. The molecule has 1 atom stereocenters. The van der Waals surface area contributed by atoms with E-state index >= 15 is 0 Å². The van der Waals surface area contributed by atoms with Crippen LogP contribution in [0.3, 0.4) is 0 Å². The smallest absolute Gasteiger partial charge is 0.313 e. The van der Waals surface area contributed by atoms with Crippen molar-refractivity contribution in [2.75, 3.05) is 26.8 Å². The van der Waals surface area contributed by atoms with Crippen LogP contribution in [0, 0.1) is 11.3 Å². The molecule has 5 heteroatoms. The number of hydrogen-bond donors (Lipinski definition) is 1. The summed E-state index contributed by atoms with van der Waals surface area (Å²) in [6, 6.07) is 0. The van der Waals surface area contributed by atoms with Crippen LogP contribution in [0.1, 0.15) is 38.5 Å². The van der Waals surface area contributed by atoms with Crippen molar-refractivity contribution in [3.63, 3.8) is 0 Å². The predicted molar refractivity (Wildman–Crippen MR) is 69.7 cm³/mol. The Bertz CT molecular complexity index is 349. The van der Waals surface area contributed by atoms with Gasteiger partial charge in [0.2, 0.25) is 5.91 Å². The molecule has 0 radical (unpaired) electrons. The highest BCUT2D eigenvalue weighted by molar-refractivity contribution is 5.80. The van der Waals surface area contributed by atoms with Crippen molar-refractivity contribution in [2.45, 2.75) is 38.5 Å². The lowest BCUT2D eigenvalue weighted by molar-refractivity contribution is -0.159.